The van der Waals surface area contributed by atoms with Crippen molar-refractivity contribution in [2.45, 2.75) is 33.1 Å². The van der Waals surface area contributed by atoms with E-state index in [2.05, 4.69) is 13.0 Å². The molecule has 0 bridgehead atoms. The van der Waals surface area contributed by atoms with Crippen LogP contribution in [0.25, 0.3) is 0 Å². The number of unbranched alkanes of at least 4 members (excludes halogenated alkanes) is 1. The van der Waals surface area contributed by atoms with Crippen molar-refractivity contribution in [2.75, 3.05) is 6.66 Å². The fourth-order valence-corrected chi connectivity index (χ4v) is 1.25. The van der Waals surface area contributed by atoms with Crippen LogP contribution in [0.3, 0.4) is 0 Å². The smallest absolute Gasteiger partial charge is 0.400 e. The Balaban J connectivity index is 0.000000437. The molecule has 0 spiro atoms. The van der Waals surface area contributed by atoms with Crippen molar-refractivity contribution in [3.8, 4) is 5.75 Å². The molecule has 0 unspecified atom stereocenters. The van der Waals surface area contributed by atoms with Gasteiger partial charge in [0.05, 0.1) is 0 Å². The molecule has 4 N–H and O–H groups in total. The molecule has 0 fully saturated rings. The van der Waals surface area contributed by atoms with Gasteiger partial charge in [0.2, 0.25) is 0 Å². The molecule has 0 atom stereocenters. The topological polar surface area (TPSA) is 80.9 Å². The predicted molar refractivity (Wildman–Crippen MR) is 71.0 cm³/mol. The number of hydrogen-bond acceptors (Lipinski definition) is 4. The predicted octanol–water partition coefficient (Wildman–Crippen LogP) is 2.40. The van der Waals surface area contributed by atoms with Gasteiger partial charge in [-0.1, -0.05) is 25.5 Å². The quantitative estimate of drug-likeness (QED) is 0.630. The molecule has 4 nitrogen and oxygen atoms in total. The zero-order valence-corrected chi connectivity index (χ0v) is 11.5. The largest absolute Gasteiger partial charge is 0.508 e. The van der Waals surface area contributed by atoms with Gasteiger partial charge in [0.25, 0.3) is 0 Å². The van der Waals surface area contributed by atoms with E-state index in [4.69, 9.17) is 14.7 Å². The maximum atomic E-state index is 9.27. The van der Waals surface area contributed by atoms with Gasteiger partial charge < -0.3 is 5.11 Å². The van der Waals surface area contributed by atoms with Gasteiger partial charge in [-0.15, -0.1) is 0 Å². The van der Waals surface area contributed by atoms with Crippen LogP contribution in [-0.2, 0) is 6.42 Å². The first-order valence-electron chi connectivity index (χ1n) is 5.57. The number of hydrogen-bond donors (Lipinski definition) is 4. The lowest BCUT2D eigenvalue weighted by Gasteiger charge is -2.02. The van der Waals surface area contributed by atoms with Gasteiger partial charge in [-0.05, 0) is 37.0 Å². The highest BCUT2D eigenvalue weighted by molar-refractivity contribution is 7.57. The molecule has 0 amide bonds. The maximum Gasteiger partial charge on any atom is 0.400 e. The Morgan fingerprint density at radius 3 is 2.12 bits per heavy atom. The number of aromatic hydroxyl groups is 1. The van der Waals surface area contributed by atoms with Crippen molar-refractivity contribution >= 4 is 7.94 Å². The molecule has 0 aliphatic heterocycles. The minimum Gasteiger partial charge on any atom is -0.508 e. The first-order valence-corrected chi connectivity index (χ1v) is 7.66. The molecule has 17 heavy (non-hydrogen) atoms. The zero-order valence-electron chi connectivity index (χ0n) is 10.6. The lowest BCUT2D eigenvalue weighted by atomic mass is 10.1. The SMILES string of the molecule is CCCCc1ccc(O)c(C)c1.C[P+](O)(O)O. The summed E-state index contributed by atoms with van der Waals surface area (Å²) >= 11 is 0. The molecule has 0 aliphatic carbocycles. The Morgan fingerprint density at radius 2 is 1.71 bits per heavy atom. The molecule has 0 aromatic heterocycles. The summed E-state index contributed by atoms with van der Waals surface area (Å²) in [5, 5.41) is 9.27. The van der Waals surface area contributed by atoms with Crippen LogP contribution in [0.2, 0.25) is 0 Å². The molecule has 0 heterocycles. The molecule has 98 valence electrons. The van der Waals surface area contributed by atoms with Gasteiger partial charge in [0.1, 0.15) is 12.4 Å². The molecular weight excluding hydrogens is 239 g/mol. The summed E-state index contributed by atoms with van der Waals surface area (Å²) in [7, 11) is -3.39. The van der Waals surface area contributed by atoms with E-state index in [9.17, 15) is 5.11 Å². The summed E-state index contributed by atoms with van der Waals surface area (Å²) in [6, 6.07) is 5.84. The van der Waals surface area contributed by atoms with Crippen LogP contribution in [0, 0.1) is 6.92 Å². The minimum atomic E-state index is -3.39. The second-order valence-electron chi connectivity index (χ2n) is 4.09. The summed E-state index contributed by atoms with van der Waals surface area (Å²) in [6.45, 7) is 5.09. The Kier molecular flexibility index (Phi) is 7.32. The van der Waals surface area contributed by atoms with E-state index in [0.29, 0.717) is 5.75 Å². The Morgan fingerprint density at radius 1 is 1.18 bits per heavy atom. The van der Waals surface area contributed by atoms with Gasteiger partial charge in [-0.25, -0.2) is 0 Å². The van der Waals surface area contributed by atoms with Gasteiger partial charge in [-0.2, -0.15) is 14.7 Å². The van der Waals surface area contributed by atoms with E-state index < -0.39 is 7.94 Å². The van der Waals surface area contributed by atoms with Crippen LogP contribution in [-0.4, -0.2) is 26.5 Å². The van der Waals surface area contributed by atoms with Crippen molar-refractivity contribution in [3.05, 3.63) is 29.3 Å². The minimum absolute atomic E-state index is 0.398. The number of benzene rings is 1. The molecule has 0 saturated heterocycles. The molecule has 5 heteroatoms. The van der Waals surface area contributed by atoms with E-state index in [0.717, 1.165) is 18.6 Å². The van der Waals surface area contributed by atoms with Gasteiger partial charge in [-0.3, -0.25) is 0 Å². The maximum absolute atomic E-state index is 9.27. The van der Waals surface area contributed by atoms with Crippen molar-refractivity contribution in [1.82, 2.24) is 0 Å². The lowest BCUT2D eigenvalue weighted by molar-refractivity contribution is 0.340. The van der Waals surface area contributed by atoms with E-state index in [-0.39, 0.29) is 0 Å². The Bertz CT molecular complexity index is 328. The first-order chi connectivity index (χ1) is 7.74. The summed E-state index contributed by atoms with van der Waals surface area (Å²) in [4.78, 5) is 23.2. The van der Waals surface area contributed by atoms with E-state index in [1.807, 2.05) is 13.0 Å². The zero-order chi connectivity index (χ0) is 13.5. The van der Waals surface area contributed by atoms with E-state index in [1.165, 1.54) is 18.4 Å². The number of rotatable bonds is 3. The summed E-state index contributed by atoms with van der Waals surface area (Å²) < 4.78 is 0. The fraction of sp³-hybridized carbons (Fsp3) is 0.500. The van der Waals surface area contributed by atoms with Crippen LogP contribution in [0.15, 0.2) is 18.2 Å². The Hall–Kier alpha value is -0.670. The fourth-order valence-electron chi connectivity index (χ4n) is 1.25. The highest BCUT2D eigenvalue weighted by Crippen LogP contribution is 2.38. The van der Waals surface area contributed by atoms with Gasteiger partial charge >= 0.3 is 7.94 Å². The van der Waals surface area contributed by atoms with Crippen LogP contribution in [0.1, 0.15) is 30.9 Å². The number of phenols is 1. The molecule has 0 saturated carbocycles. The first kappa shape index (κ1) is 16.3. The second-order valence-corrected chi connectivity index (χ2v) is 5.83. The number of phenolic OH excluding ortho intramolecular Hbond substituents is 1. The van der Waals surface area contributed by atoms with Crippen LogP contribution < -0.4 is 0 Å². The molecule has 1 rings (SSSR count). The number of aryl methyl sites for hydroxylation is 2. The van der Waals surface area contributed by atoms with Crippen molar-refractivity contribution in [1.29, 1.82) is 0 Å². The average molecular weight is 261 g/mol. The van der Waals surface area contributed by atoms with Crippen molar-refractivity contribution < 1.29 is 19.8 Å². The van der Waals surface area contributed by atoms with Gasteiger partial charge in [0.15, 0.2) is 0 Å². The molecule has 1 aromatic rings. The normalized spacial score (nSPS) is 10.7. The van der Waals surface area contributed by atoms with Crippen molar-refractivity contribution in [3.63, 3.8) is 0 Å². The van der Waals surface area contributed by atoms with Crippen molar-refractivity contribution in [2.24, 2.45) is 0 Å². The summed E-state index contributed by atoms with van der Waals surface area (Å²) in [6.07, 6.45) is 3.57. The third-order valence-corrected chi connectivity index (χ3v) is 2.08. The molecule has 0 radical (unpaired) electrons. The summed E-state index contributed by atoms with van der Waals surface area (Å²) in [5.74, 6) is 0.398. The third-order valence-electron chi connectivity index (χ3n) is 2.08. The third kappa shape index (κ3) is 10.2. The van der Waals surface area contributed by atoms with E-state index in [1.54, 1.807) is 6.07 Å². The summed E-state index contributed by atoms with van der Waals surface area (Å²) in [5.41, 5.74) is 2.30. The molecule has 0 aliphatic rings. The molecule has 1 aromatic carbocycles. The van der Waals surface area contributed by atoms with E-state index >= 15 is 0 Å². The second kappa shape index (κ2) is 7.62. The average Bonchev–Trinajstić information content (AvgIpc) is 2.17. The van der Waals surface area contributed by atoms with Crippen LogP contribution in [0.4, 0.5) is 0 Å². The molecular formula is C12H22O4P+. The highest BCUT2D eigenvalue weighted by atomic mass is 31.2. The Labute approximate surface area is 103 Å². The van der Waals surface area contributed by atoms with Crippen LogP contribution >= 0.6 is 7.94 Å². The monoisotopic (exact) mass is 261 g/mol. The lowest BCUT2D eigenvalue weighted by Crippen LogP contribution is -1.85. The highest BCUT2D eigenvalue weighted by Gasteiger charge is 2.17. The van der Waals surface area contributed by atoms with Crippen LogP contribution in [0.5, 0.6) is 5.75 Å². The van der Waals surface area contributed by atoms with Gasteiger partial charge in [0, 0.05) is 0 Å². The standard InChI is InChI=1S/C11H16O.CH6O3P/c1-3-4-5-10-6-7-11(12)9(2)8-10;1-5(2,3)4/h6-8,12H,3-5H2,1-2H3;2-4H,1H3/q;+1.